The van der Waals surface area contributed by atoms with Gasteiger partial charge in [0.05, 0.1) is 10.0 Å². The maximum Gasteiger partial charge on any atom is 0.147 e. The predicted molar refractivity (Wildman–Crippen MR) is 78.4 cm³/mol. The van der Waals surface area contributed by atoms with Gasteiger partial charge in [0.2, 0.25) is 0 Å². The van der Waals surface area contributed by atoms with E-state index in [9.17, 15) is 0 Å². The number of anilines is 2. The van der Waals surface area contributed by atoms with Gasteiger partial charge in [-0.25, -0.2) is 4.98 Å². The van der Waals surface area contributed by atoms with Crippen LogP contribution in [0.1, 0.15) is 39.0 Å². The van der Waals surface area contributed by atoms with Gasteiger partial charge in [0, 0.05) is 6.54 Å². The second kappa shape index (κ2) is 5.54. The first-order valence-corrected chi connectivity index (χ1v) is 7.11. The zero-order valence-corrected chi connectivity index (χ0v) is 12.1. The topological polar surface area (TPSA) is 50.9 Å². The van der Waals surface area contributed by atoms with E-state index in [2.05, 4.69) is 17.2 Å². The first-order valence-electron chi connectivity index (χ1n) is 6.36. The average Bonchev–Trinajstić information content (AvgIpc) is 2.33. The number of pyridine rings is 1. The van der Waals surface area contributed by atoms with Crippen LogP contribution in [0.15, 0.2) is 6.07 Å². The van der Waals surface area contributed by atoms with E-state index >= 15 is 0 Å². The Morgan fingerprint density at radius 1 is 1.28 bits per heavy atom. The molecule has 1 fully saturated rings. The maximum absolute atomic E-state index is 6.10. The van der Waals surface area contributed by atoms with Crippen LogP contribution in [0.4, 0.5) is 11.6 Å². The number of nitrogens with two attached hydrogens (primary N) is 1. The van der Waals surface area contributed by atoms with E-state index in [1.807, 2.05) is 0 Å². The highest BCUT2D eigenvalue weighted by atomic mass is 35.5. The maximum atomic E-state index is 6.10. The van der Waals surface area contributed by atoms with Crippen molar-refractivity contribution in [3.05, 3.63) is 16.1 Å². The van der Waals surface area contributed by atoms with Gasteiger partial charge in [-0.2, -0.15) is 0 Å². The molecule has 1 aromatic rings. The molecule has 3 nitrogen and oxygen atoms in total. The van der Waals surface area contributed by atoms with E-state index in [0.29, 0.717) is 27.1 Å². The van der Waals surface area contributed by atoms with Gasteiger partial charge in [-0.05, 0) is 24.3 Å². The second-order valence-electron chi connectivity index (χ2n) is 5.41. The first kappa shape index (κ1) is 13.8. The van der Waals surface area contributed by atoms with Gasteiger partial charge < -0.3 is 11.1 Å². The van der Waals surface area contributed by atoms with E-state index < -0.39 is 0 Å². The fourth-order valence-corrected chi connectivity index (χ4v) is 2.91. The highest BCUT2D eigenvalue weighted by Crippen LogP contribution is 2.36. The Hall–Kier alpha value is -0.670. The van der Waals surface area contributed by atoms with Gasteiger partial charge in [-0.15, -0.1) is 0 Å². The van der Waals surface area contributed by atoms with Gasteiger partial charge in [0.15, 0.2) is 0 Å². The molecule has 1 heterocycles. The predicted octanol–water partition coefficient (Wildman–Crippen LogP) is 4.35. The molecule has 3 N–H and O–H groups in total. The van der Waals surface area contributed by atoms with Crippen molar-refractivity contribution >= 4 is 34.8 Å². The Morgan fingerprint density at radius 2 is 1.94 bits per heavy atom. The standard InChI is InChI=1S/C13H19Cl2N3/c1-13(5-3-2-4-6-13)8-17-12-10(15)7-9(14)11(16)18-12/h7H,2-6,8H2,1H3,(H3,16,17,18). The number of rotatable bonds is 3. The van der Waals surface area contributed by atoms with Gasteiger partial charge in [-0.3, -0.25) is 0 Å². The largest absolute Gasteiger partial charge is 0.382 e. The Balaban J connectivity index is 2.03. The zero-order chi connectivity index (χ0) is 13.2. The lowest BCUT2D eigenvalue weighted by Crippen LogP contribution is -2.29. The summed E-state index contributed by atoms with van der Waals surface area (Å²) in [6, 6.07) is 1.64. The van der Waals surface area contributed by atoms with Crippen molar-refractivity contribution < 1.29 is 0 Å². The van der Waals surface area contributed by atoms with Crippen LogP contribution in [-0.2, 0) is 0 Å². The van der Waals surface area contributed by atoms with Crippen LogP contribution in [0.5, 0.6) is 0 Å². The summed E-state index contributed by atoms with van der Waals surface area (Å²) in [7, 11) is 0. The third-order valence-electron chi connectivity index (χ3n) is 3.70. The summed E-state index contributed by atoms with van der Waals surface area (Å²) in [5.74, 6) is 0.947. The summed E-state index contributed by atoms with van der Waals surface area (Å²) in [5.41, 5.74) is 6.02. The lowest BCUT2D eigenvalue weighted by atomic mass is 9.76. The molecule has 1 aliphatic carbocycles. The molecule has 0 atom stereocenters. The molecule has 100 valence electrons. The molecule has 0 spiro atoms. The summed E-state index contributed by atoms with van der Waals surface area (Å²) in [5, 5.41) is 4.23. The fraction of sp³-hybridized carbons (Fsp3) is 0.615. The summed E-state index contributed by atoms with van der Waals surface area (Å²) in [6.07, 6.45) is 6.47. The number of nitrogens with zero attached hydrogens (tertiary/aromatic N) is 1. The number of nitrogen functional groups attached to an aromatic ring is 1. The Labute approximate surface area is 118 Å². The Kier molecular flexibility index (Phi) is 4.23. The molecule has 1 aliphatic rings. The quantitative estimate of drug-likeness (QED) is 0.869. The second-order valence-corrected chi connectivity index (χ2v) is 6.23. The normalized spacial score (nSPS) is 18.6. The summed E-state index contributed by atoms with van der Waals surface area (Å²) in [4.78, 5) is 4.19. The Bertz CT molecular complexity index is 428. The number of nitrogens with one attached hydrogen (secondary N) is 1. The van der Waals surface area contributed by atoms with E-state index in [4.69, 9.17) is 28.9 Å². The average molecular weight is 288 g/mol. The van der Waals surface area contributed by atoms with Gasteiger partial charge >= 0.3 is 0 Å². The molecule has 0 unspecified atom stereocenters. The number of hydrogen-bond acceptors (Lipinski definition) is 3. The van der Waals surface area contributed by atoms with Crippen molar-refractivity contribution in [1.82, 2.24) is 4.98 Å². The molecule has 0 amide bonds. The van der Waals surface area contributed by atoms with Crippen molar-refractivity contribution in [2.75, 3.05) is 17.6 Å². The van der Waals surface area contributed by atoms with Crippen LogP contribution in [0, 0.1) is 5.41 Å². The summed E-state index contributed by atoms with van der Waals surface area (Å²) >= 11 is 12.0. The molecule has 1 aromatic heterocycles. The van der Waals surface area contributed by atoms with Crippen LogP contribution in [0.25, 0.3) is 0 Å². The minimum Gasteiger partial charge on any atom is -0.382 e. The minimum absolute atomic E-state index is 0.317. The first-order chi connectivity index (χ1) is 8.50. The molecule has 1 saturated carbocycles. The van der Waals surface area contributed by atoms with Crippen molar-refractivity contribution in [3.8, 4) is 0 Å². The lowest BCUT2D eigenvalue weighted by Gasteiger charge is -2.33. The van der Waals surface area contributed by atoms with Crippen molar-refractivity contribution in [1.29, 1.82) is 0 Å². The highest BCUT2D eigenvalue weighted by Gasteiger charge is 2.26. The van der Waals surface area contributed by atoms with E-state index in [0.717, 1.165) is 6.54 Å². The lowest BCUT2D eigenvalue weighted by molar-refractivity contribution is 0.233. The smallest absolute Gasteiger partial charge is 0.147 e. The number of hydrogen-bond donors (Lipinski definition) is 2. The van der Waals surface area contributed by atoms with Crippen molar-refractivity contribution in [3.63, 3.8) is 0 Å². The molecule has 0 aromatic carbocycles. The molecule has 0 bridgehead atoms. The molecule has 0 radical (unpaired) electrons. The SMILES string of the molecule is CC1(CNc2nc(N)c(Cl)cc2Cl)CCCCC1. The Morgan fingerprint density at radius 3 is 2.61 bits per heavy atom. The molecule has 0 aliphatic heterocycles. The molecule has 0 saturated heterocycles. The van der Waals surface area contributed by atoms with Crippen molar-refractivity contribution in [2.45, 2.75) is 39.0 Å². The van der Waals surface area contributed by atoms with E-state index in [1.165, 1.54) is 32.1 Å². The zero-order valence-electron chi connectivity index (χ0n) is 10.6. The van der Waals surface area contributed by atoms with Crippen LogP contribution in [0.3, 0.4) is 0 Å². The van der Waals surface area contributed by atoms with E-state index in [-0.39, 0.29) is 0 Å². The van der Waals surface area contributed by atoms with Crippen LogP contribution in [0.2, 0.25) is 10.0 Å². The molecule has 18 heavy (non-hydrogen) atoms. The third-order valence-corrected chi connectivity index (χ3v) is 4.29. The minimum atomic E-state index is 0.317. The monoisotopic (exact) mass is 287 g/mol. The molecule has 2 rings (SSSR count). The fourth-order valence-electron chi connectivity index (χ4n) is 2.48. The highest BCUT2D eigenvalue weighted by molar-refractivity contribution is 6.37. The van der Waals surface area contributed by atoms with Crippen LogP contribution in [-0.4, -0.2) is 11.5 Å². The molecular weight excluding hydrogens is 269 g/mol. The van der Waals surface area contributed by atoms with Gasteiger partial charge in [0.25, 0.3) is 0 Å². The van der Waals surface area contributed by atoms with E-state index in [1.54, 1.807) is 6.07 Å². The molecular formula is C13H19Cl2N3. The number of aromatic nitrogens is 1. The third kappa shape index (κ3) is 3.21. The van der Waals surface area contributed by atoms with Crippen LogP contribution >= 0.6 is 23.2 Å². The summed E-state index contributed by atoms with van der Waals surface area (Å²) < 4.78 is 0. The van der Waals surface area contributed by atoms with Crippen molar-refractivity contribution in [2.24, 2.45) is 5.41 Å². The van der Waals surface area contributed by atoms with Crippen LogP contribution < -0.4 is 11.1 Å². The number of halogens is 2. The van der Waals surface area contributed by atoms with Gasteiger partial charge in [-0.1, -0.05) is 49.4 Å². The van der Waals surface area contributed by atoms with Gasteiger partial charge in [0.1, 0.15) is 11.6 Å². The molecule has 5 heteroatoms. The summed E-state index contributed by atoms with van der Waals surface area (Å²) in [6.45, 7) is 3.19.